The maximum absolute atomic E-state index is 11.2. The Labute approximate surface area is 123 Å². The molecule has 4 nitrogen and oxygen atoms in total. The van der Waals surface area contributed by atoms with Gasteiger partial charge in [0, 0.05) is 0 Å². The molecular formula is C14H14ClNO3S. The largest absolute Gasteiger partial charge is 0.487 e. The zero-order chi connectivity index (χ0) is 14.8. The van der Waals surface area contributed by atoms with Gasteiger partial charge in [0.05, 0.1) is 9.92 Å². The number of aryl methyl sites for hydroxylation is 1. The maximum Gasteiger partial charge on any atom is 0.238 e. The molecule has 0 heterocycles. The first-order valence-corrected chi connectivity index (χ1v) is 7.79. The summed E-state index contributed by atoms with van der Waals surface area (Å²) in [5, 5.41) is 5.24. The number of nitrogens with two attached hydrogens (primary N) is 1. The maximum atomic E-state index is 11.2. The fourth-order valence-electron chi connectivity index (χ4n) is 1.74. The lowest BCUT2D eigenvalue weighted by atomic mass is 10.1. The molecule has 20 heavy (non-hydrogen) atoms. The van der Waals surface area contributed by atoms with Crippen LogP contribution in [-0.2, 0) is 16.6 Å². The predicted octanol–water partition coefficient (Wildman–Crippen LogP) is 2.87. The van der Waals surface area contributed by atoms with E-state index in [-0.39, 0.29) is 9.92 Å². The van der Waals surface area contributed by atoms with E-state index in [2.05, 4.69) is 0 Å². The standard InChI is InChI=1S/C14H14ClNO3S/c1-10-3-2-4-11(7-10)9-19-14-6-5-12(8-13(14)15)20(16,17)18/h2-8H,9H2,1H3,(H2,16,17,18). The summed E-state index contributed by atoms with van der Waals surface area (Å²) in [5.41, 5.74) is 2.15. The van der Waals surface area contributed by atoms with Crippen molar-refractivity contribution in [2.45, 2.75) is 18.4 Å². The van der Waals surface area contributed by atoms with Crippen molar-refractivity contribution in [3.8, 4) is 5.75 Å². The lowest BCUT2D eigenvalue weighted by Gasteiger charge is -2.09. The summed E-state index contributed by atoms with van der Waals surface area (Å²) in [7, 11) is -3.75. The van der Waals surface area contributed by atoms with Crippen LogP contribution in [0, 0.1) is 6.92 Å². The van der Waals surface area contributed by atoms with Crippen molar-refractivity contribution in [2.75, 3.05) is 0 Å². The van der Waals surface area contributed by atoms with Gasteiger partial charge in [0.25, 0.3) is 0 Å². The fraction of sp³-hybridized carbons (Fsp3) is 0.143. The summed E-state index contributed by atoms with van der Waals surface area (Å²) in [5.74, 6) is 0.417. The van der Waals surface area contributed by atoms with Crippen LogP contribution in [0.25, 0.3) is 0 Å². The molecule has 0 bridgehead atoms. The Hall–Kier alpha value is -1.56. The van der Waals surface area contributed by atoms with Crippen molar-refractivity contribution in [2.24, 2.45) is 5.14 Å². The summed E-state index contributed by atoms with van der Waals surface area (Å²) in [6.45, 7) is 2.35. The van der Waals surface area contributed by atoms with Gasteiger partial charge >= 0.3 is 0 Å². The number of primary sulfonamides is 1. The number of rotatable bonds is 4. The summed E-state index contributed by atoms with van der Waals surface area (Å²) >= 11 is 5.99. The average Bonchev–Trinajstić information content (AvgIpc) is 2.36. The first kappa shape index (κ1) is 14.8. The Morgan fingerprint density at radius 3 is 2.55 bits per heavy atom. The predicted molar refractivity (Wildman–Crippen MR) is 78.3 cm³/mol. The molecule has 2 aromatic rings. The molecule has 2 rings (SSSR count). The van der Waals surface area contributed by atoms with Crippen molar-refractivity contribution in [1.29, 1.82) is 0 Å². The highest BCUT2D eigenvalue weighted by Gasteiger charge is 2.11. The normalized spacial score (nSPS) is 11.3. The highest BCUT2D eigenvalue weighted by atomic mass is 35.5. The van der Waals surface area contributed by atoms with E-state index >= 15 is 0 Å². The molecule has 0 saturated heterocycles. The first-order valence-electron chi connectivity index (χ1n) is 5.87. The number of hydrogen-bond donors (Lipinski definition) is 1. The van der Waals surface area contributed by atoms with Gasteiger partial charge in [-0.15, -0.1) is 0 Å². The van der Waals surface area contributed by atoms with Crippen LogP contribution in [0.15, 0.2) is 47.4 Å². The van der Waals surface area contributed by atoms with Gasteiger partial charge in [-0.05, 0) is 30.7 Å². The Morgan fingerprint density at radius 1 is 1.20 bits per heavy atom. The van der Waals surface area contributed by atoms with Crippen LogP contribution < -0.4 is 9.88 Å². The molecule has 6 heteroatoms. The quantitative estimate of drug-likeness (QED) is 0.944. The van der Waals surface area contributed by atoms with E-state index in [1.165, 1.54) is 18.2 Å². The third-order valence-corrected chi connectivity index (χ3v) is 3.92. The summed E-state index contributed by atoms with van der Waals surface area (Å²) in [6, 6.07) is 12.0. The van der Waals surface area contributed by atoms with Crippen molar-refractivity contribution in [3.63, 3.8) is 0 Å². The Morgan fingerprint density at radius 2 is 1.95 bits per heavy atom. The lowest BCUT2D eigenvalue weighted by Crippen LogP contribution is -2.12. The second kappa shape index (κ2) is 5.83. The molecule has 2 aromatic carbocycles. The van der Waals surface area contributed by atoms with Crippen molar-refractivity contribution >= 4 is 21.6 Å². The summed E-state index contributed by atoms with van der Waals surface area (Å²) < 4.78 is 28.0. The number of benzene rings is 2. The summed E-state index contributed by atoms with van der Waals surface area (Å²) in [6.07, 6.45) is 0. The van der Waals surface area contributed by atoms with Crippen LogP contribution in [-0.4, -0.2) is 8.42 Å². The molecule has 0 aliphatic carbocycles. The Bertz CT molecular complexity index is 729. The van der Waals surface area contributed by atoms with E-state index in [1.54, 1.807) is 0 Å². The molecule has 0 saturated carbocycles. The fourth-order valence-corrected chi connectivity index (χ4v) is 2.58. The number of halogens is 1. The van der Waals surface area contributed by atoms with Crippen LogP contribution in [0.3, 0.4) is 0 Å². The molecule has 0 radical (unpaired) electrons. The monoisotopic (exact) mass is 311 g/mol. The second-order valence-corrected chi connectivity index (χ2v) is 6.38. The zero-order valence-electron chi connectivity index (χ0n) is 10.8. The second-order valence-electron chi connectivity index (χ2n) is 4.41. The van der Waals surface area contributed by atoms with Gasteiger partial charge in [-0.25, -0.2) is 13.6 Å². The van der Waals surface area contributed by atoms with Crippen LogP contribution in [0.5, 0.6) is 5.75 Å². The number of ether oxygens (including phenoxy) is 1. The lowest BCUT2D eigenvalue weighted by molar-refractivity contribution is 0.306. The van der Waals surface area contributed by atoms with Crippen LogP contribution >= 0.6 is 11.6 Å². The van der Waals surface area contributed by atoms with E-state index in [9.17, 15) is 8.42 Å². The van der Waals surface area contributed by atoms with E-state index in [4.69, 9.17) is 21.5 Å². The van der Waals surface area contributed by atoms with E-state index in [1.807, 2.05) is 31.2 Å². The number of sulfonamides is 1. The highest BCUT2D eigenvalue weighted by molar-refractivity contribution is 7.89. The minimum Gasteiger partial charge on any atom is -0.487 e. The minimum absolute atomic E-state index is 0.0367. The van der Waals surface area contributed by atoms with Gasteiger partial charge in [-0.1, -0.05) is 41.4 Å². The molecule has 0 spiro atoms. The molecule has 0 fully saturated rings. The smallest absolute Gasteiger partial charge is 0.238 e. The topological polar surface area (TPSA) is 69.4 Å². The third-order valence-electron chi connectivity index (χ3n) is 2.71. The van der Waals surface area contributed by atoms with E-state index in [0.717, 1.165) is 11.1 Å². The SMILES string of the molecule is Cc1cccc(COc2ccc(S(N)(=O)=O)cc2Cl)c1. The summed E-state index contributed by atoms with van der Waals surface area (Å²) in [4.78, 5) is -0.0367. The minimum atomic E-state index is -3.75. The van der Waals surface area contributed by atoms with Gasteiger partial charge < -0.3 is 4.74 Å². The van der Waals surface area contributed by atoms with Crippen molar-refractivity contribution in [1.82, 2.24) is 0 Å². The highest BCUT2D eigenvalue weighted by Crippen LogP contribution is 2.27. The van der Waals surface area contributed by atoms with E-state index in [0.29, 0.717) is 12.4 Å². The van der Waals surface area contributed by atoms with Gasteiger partial charge in [0.1, 0.15) is 12.4 Å². The molecule has 2 N–H and O–H groups in total. The van der Waals surface area contributed by atoms with Gasteiger partial charge in [0.15, 0.2) is 0 Å². The molecule has 0 aliphatic rings. The molecule has 0 aromatic heterocycles. The third kappa shape index (κ3) is 3.72. The molecule has 106 valence electrons. The molecule has 0 unspecified atom stereocenters. The van der Waals surface area contributed by atoms with E-state index < -0.39 is 10.0 Å². The number of hydrogen-bond acceptors (Lipinski definition) is 3. The van der Waals surface area contributed by atoms with Crippen LogP contribution in [0.4, 0.5) is 0 Å². The Balaban J connectivity index is 2.15. The van der Waals surface area contributed by atoms with Crippen LogP contribution in [0.2, 0.25) is 5.02 Å². The molecular weight excluding hydrogens is 298 g/mol. The molecule has 0 amide bonds. The Kier molecular flexibility index (Phi) is 4.32. The van der Waals surface area contributed by atoms with Gasteiger partial charge in [-0.2, -0.15) is 0 Å². The van der Waals surface area contributed by atoms with Crippen LogP contribution in [0.1, 0.15) is 11.1 Å². The molecule has 0 aliphatic heterocycles. The van der Waals surface area contributed by atoms with Crippen molar-refractivity contribution in [3.05, 3.63) is 58.6 Å². The van der Waals surface area contributed by atoms with Gasteiger partial charge in [-0.3, -0.25) is 0 Å². The average molecular weight is 312 g/mol. The van der Waals surface area contributed by atoms with Gasteiger partial charge in [0.2, 0.25) is 10.0 Å². The van der Waals surface area contributed by atoms with Crippen molar-refractivity contribution < 1.29 is 13.2 Å². The zero-order valence-corrected chi connectivity index (χ0v) is 12.4. The first-order chi connectivity index (χ1) is 9.36. The molecule has 0 atom stereocenters.